The average Bonchev–Trinajstić information content (AvgIpc) is 2.81. The van der Waals surface area contributed by atoms with Crippen molar-refractivity contribution in [2.45, 2.75) is 25.3 Å². The van der Waals surface area contributed by atoms with E-state index >= 15 is 0 Å². The quantitative estimate of drug-likeness (QED) is 0.741. The topological polar surface area (TPSA) is 50.4 Å². The molecule has 2 rings (SSSR count). The number of methoxy groups -OCH3 is 1. The Balaban J connectivity index is 1.67. The molecule has 4 heteroatoms. The summed E-state index contributed by atoms with van der Waals surface area (Å²) >= 11 is 0. The molecule has 0 radical (unpaired) electrons. The normalized spacial score (nSPS) is 18.7. The second-order valence-corrected chi connectivity index (χ2v) is 4.61. The monoisotopic (exact) mass is 248 g/mol. The molecule has 2 N–H and O–H groups in total. The number of carbonyl (C=O) groups is 1. The molecule has 0 spiro atoms. The van der Waals surface area contributed by atoms with Crippen molar-refractivity contribution >= 4 is 5.91 Å². The molecule has 0 saturated carbocycles. The van der Waals surface area contributed by atoms with Gasteiger partial charge in [-0.1, -0.05) is 12.1 Å². The van der Waals surface area contributed by atoms with Crippen LogP contribution in [-0.2, 0) is 11.2 Å². The first-order valence-electron chi connectivity index (χ1n) is 6.41. The molecule has 0 aliphatic carbocycles. The zero-order valence-corrected chi connectivity index (χ0v) is 10.7. The minimum Gasteiger partial charge on any atom is -0.497 e. The van der Waals surface area contributed by atoms with Gasteiger partial charge in [0.2, 0.25) is 5.91 Å². The van der Waals surface area contributed by atoms with Crippen LogP contribution in [0.15, 0.2) is 24.3 Å². The smallest absolute Gasteiger partial charge is 0.220 e. The van der Waals surface area contributed by atoms with E-state index in [4.69, 9.17) is 4.74 Å². The van der Waals surface area contributed by atoms with Crippen molar-refractivity contribution in [1.29, 1.82) is 0 Å². The fourth-order valence-corrected chi connectivity index (χ4v) is 2.17. The van der Waals surface area contributed by atoms with E-state index in [0.717, 1.165) is 31.7 Å². The lowest BCUT2D eigenvalue weighted by molar-refractivity contribution is -0.119. The van der Waals surface area contributed by atoms with Crippen molar-refractivity contribution in [3.63, 3.8) is 0 Å². The van der Waals surface area contributed by atoms with Crippen LogP contribution in [0.25, 0.3) is 0 Å². The van der Waals surface area contributed by atoms with E-state index in [-0.39, 0.29) is 5.91 Å². The van der Waals surface area contributed by atoms with Gasteiger partial charge in [-0.25, -0.2) is 0 Å². The third-order valence-electron chi connectivity index (χ3n) is 3.20. The summed E-state index contributed by atoms with van der Waals surface area (Å²) in [6.45, 7) is 1.77. The van der Waals surface area contributed by atoms with Crippen molar-refractivity contribution in [1.82, 2.24) is 10.6 Å². The van der Waals surface area contributed by atoms with Crippen LogP contribution < -0.4 is 15.4 Å². The molecule has 1 unspecified atom stereocenters. The van der Waals surface area contributed by atoms with Crippen molar-refractivity contribution in [3.05, 3.63) is 29.8 Å². The Morgan fingerprint density at radius 2 is 2.39 bits per heavy atom. The Labute approximate surface area is 108 Å². The van der Waals surface area contributed by atoms with Crippen molar-refractivity contribution in [2.75, 3.05) is 20.2 Å². The molecule has 1 amide bonds. The maximum atomic E-state index is 11.0. The number of carbonyl (C=O) groups excluding carboxylic acids is 1. The van der Waals surface area contributed by atoms with E-state index in [0.29, 0.717) is 12.5 Å². The number of nitrogens with one attached hydrogen (secondary N) is 2. The molecule has 4 nitrogen and oxygen atoms in total. The largest absolute Gasteiger partial charge is 0.497 e. The fourth-order valence-electron chi connectivity index (χ4n) is 2.17. The van der Waals surface area contributed by atoms with Crippen LogP contribution in [0, 0.1) is 0 Å². The predicted molar refractivity (Wildman–Crippen MR) is 70.7 cm³/mol. The van der Waals surface area contributed by atoms with Gasteiger partial charge in [-0.3, -0.25) is 4.79 Å². The van der Waals surface area contributed by atoms with Gasteiger partial charge in [-0.05, 0) is 37.1 Å². The van der Waals surface area contributed by atoms with Gasteiger partial charge < -0.3 is 15.4 Å². The lowest BCUT2D eigenvalue weighted by Crippen LogP contribution is -2.36. The number of hydrogen-bond acceptors (Lipinski definition) is 3. The fraction of sp³-hybridized carbons (Fsp3) is 0.500. The van der Waals surface area contributed by atoms with Crippen LogP contribution in [0.4, 0.5) is 0 Å². The van der Waals surface area contributed by atoms with E-state index in [1.54, 1.807) is 7.11 Å². The summed E-state index contributed by atoms with van der Waals surface area (Å²) in [4.78, 5) is 11.0. The first kappa shape index (κ1) is 12.9. The maximum Gasteiger partial charge on any atom is 0.220 e. The van der Waals surface area contributed by atoms with Crippen molar-refractivity contribution in [3.8, 4) is 5.75 Å². The first-order chi connectivity index (χ1) is 8.78. The Bertz CT molecular complexity index is 407. The Morgan fingerprint density at radius 1 is 1.50 bits per heavy atom. The second kappa shape index (κ2) is 6.40. The van der Waals surface area contributed by atoms with Crippen molar-refractivity contribution < 1.29 is 9.53 Å². The maximum absolute atomic E-state index is 11.0. The highest BCUT2D eigenvalue weighted by Crippen LogP contribution is 2.12. The van der Waals surface area contributed by atoms with Gasteiger partial charge in [0, 0.05) is 19.0 Å². The van der Waals surface area contributed by atoms with E-state index in [1.165, 1.54) is 5.56 Å². The third kappa shape index (κ3) is 3.74. The summed E-state index contributed by atoms with van der Waals surface area (Å²) in [7, 11) is 1.68. The van der Waals surface area contributed by atoms with Crippen molar-refractivity contribution in [2.24, 2.45) is 0 Å². The first-order valence-corrected chi connectivity index (χ1v) is 6.41. The highest BCUT2D eigenvalue weighted by Gasteiger charge is 2.19. The van der Waals surface area contributed by atoms with Crippen LogP contribution in [-0.4, -0.2) is 32.1 Å². The number of rotatable bonds is 6. The molecule has 1 aliphatic heterocycles. The van der Waals surface area contributed by atoms with Gasteiger partial charge in [0.05, 0.1) is 7.11 Å². The highest BCUT2D eigenvalue weighted by molar-refractivity contribution is 5.78. The van der Waals surface area contributed by atoms with Gasteiger partial charge in [-0.15, -0.1) is 0 Å². The molecule has 1 atom stereocenters. The number of hydrogen-bond donors (Lipinski definition) is 2. The van der Waals surface area contributed by atoms with E-state index in [9.17, 15) is 4.79 Å². The molecular formula is C14H20N2O2. The highest BCUT2D eigenvalue weighted by atomic mass is 16.5. The third-order valence-corrected chi connectivity index (χ3v) is 3.20. The molecule has 1 heterocycles. The second-order valence-electron chi connectivity index (χ2n) is 4.61. The molecule has 1 saturated heterocycles. The summed E-state index contributed by atoms with van der Waals surface area (Å²) < 4.78 is 5.19. The van der Waals surface area contributed by atoms with Crippen LogP contribution in [0.5, 0.6) is 5.75 Å². The average molecular weight is 248 g/mol. The van der Waals surface area contributed by atoms with E-state index in [2.05, 4.69) is 22.8 Å². The zero-order chi connectivity index (χ0) is 12.8. The lowest BCUT2D eigenvalue weighted by atomic mass is 10.1. The molecular weight excluding hydrogens is 228 g/mol. The number of ether oxygens (including phenoxy) is 1. The zero-order valence-electron chi connectivity index (χ0n) is 10.7. The van der Waals surface area contributed by atoms with E-state index in [1.807, 2.05) is 12.1 Å². The van der Waals surface area contributed by atoms with Crippen LogP contribution in [0.3, 0.4) is 0 Å². The molecule has 98 valence electrons. The lowest BCUT2D eigenvalue weighted by Gasteiger charge is -2.11. The van der Waals surface area contributed by atoms with Gasteiger partial charge in [-0.2, -0.15) is 0 Å². The Morgan fingerprint density at radius 3 is 3.11 bits per heavy atom. The molecule has 1 fully saturated rings. The summed E-state index contributed by atoms with van der Waals surface area (Å²) in [5, 5.41) is 6.33. The number of amides is 1. The Kier molecular flexibility index (Phi) is 4.59. The Hall–Kier alpha value is -1.55. The molecule has 1 aliphatic rings. The predicted octanol–water partition coefficient (Wildman–Crippen LogP) is 1.11. The van der Waals surface area contributed by atoms with Crippen LogP contribution in [0.2, 0.25) is 0 Å². The van der Waals surface area contributed by atoms with Crippen LogP contribution >= 0.6 is 0 Å². The minimum absolute atomic E-state index is 0.176. The molecule has 1 aromatic rings. The van der Waals surface area contributed by atoms with Gasteiger partial charge in [0.15, 0.2) is 0 Å². The van der Waals surface area contributed by atoms with Crippen LogP contribution in [0.1, 0.15) is 18.4 Å². The summed E-state index contributed by atoms with van der Waals surface area (Å²) in [5.41, 5.74) is 1.26. The minimum atomic E-state index is 0.176. The molecule has 18 heavy (non-hydrogen) atoms. The SMILES string of the molecule is COc1cccc(CCNCC2CCC(=O)N2)c1. The summed E-state index contributed by atoms with van der Waals surface area (Å²) in [5.74, 6) is 1.07. The standard InChI is InChI=1S/C14H20N2O2/c1-18-13-4-2-3-11(9-13)7-8-15-10-12-5-6-14(17)16-12/h2-4,9,12,15H,5-8,10H2,1H3,(H,16,17). The van der Waals surface area contributed by atoms with Gasteiger partial charge in [0.25, 0.3) is 0 Å². The summed E-state index contributed by atoms with van der Waals surface area (Å²) in [6.07, 6.45) is 2.59. The molecule has 0 aromatic heterocycles. The summed E-state index contributed by atoms with van der Waals surface area (Å²) in [6, 6.07) is 8.42. The molecule has 1 aromatic carbocycles. The van der Waals surface area contributed by atoms with Gasteiger partial charge in [0.1, 0.15) is 5.75 Å². The molecule has 0 bridgehead atoms. The van der Waals surface area contributed by atoms with Gasteiger partial charge >= 0.3 is 0 Å². The van der Waals surface area contributed by atoms with E-state index < -0.39 is 0 Å². The number of benzene rings is 1.